The van der Waals surface area contributed by atoms with E-state index in [1.54, 1.807) is 4.68 Å². The van der Waals surface area contributed by atoms with Crippen LogP contribution < -0.4 is 0 Å². The van der Waals surface area contributed by atoms with E-state index in [-0.39, 0.29) is 5.35 Å². The summed E-state index contributed by atoms with van der Waals surface area (Å²) in [6.07, 6.45) is 0. The minimum atomic E-state index is 0.0431. The second kappa shape index (κ2) is 3.42. The number of aryl methyl sites for hydroxylation is 2. The first-order valence-corrected chi connectivity index (χ1v) is 4.62. The molecule has 0 aliphatic heterocycles. The predicted octanol–water partition coefficient (Wildman–Crippen LogP) is 1.91. The van der Waals surface area contributed by atoms with Gasteiger partial charge in [0.1, 0.15) is 5.69 Å². The summed E-state index contributed by atoms with van der Waals surface area (Å²) in [6.45, 7) is 4.66. The van der Waals surface area contributed by atoms with Crippen LogP contribution in [0.25, 0.3) is 11.6 Å². The zero-order valence-corrected chi connectivity index (χ0v) is 8.62. The SMILES string of the molecule is CCn1nc(C)cc1-c1nnc(Cl)o1. The molecule has 14 heavy (non-hydrogen) atoms. The second-order valence-corrected chi connectivity index (χ2v) is 3.17. The molecule has 6 heteroatoms. The molecule has 0 saturated carbocycles. The lowest BCUT2D eigenvalue weighted by molar-refractivity contribution is 0.555. The number of hydrogen-bond acceptors (Lipinski definition) is 4. The van der Waals surface area contributed by atoms with E-state index in [2.05, 4.69) is 15.3 Å². The molecule has 2 aromatic heterocycles. The topological polar surface area (TPSA) is 56.7 Å². The Kier molecular flexibility index (Phi) is 2.25. The van der Waals surface area contributed by atoms with Crippen LogP contribution in [0.1, 0.15) is 12.6 Å². The Morgan fingerprint density at radius 3 is 2.86 bits per heavy atom. The molecule has 0 amide bonds. The van der Waals surface area contributed by atoms with E-state index in [1.165, 1.54) is 0 Å². The highest BCUT2D eigenvalue weighted by molar-refractivity contribution is 6.27. The zero-order chi connectivity index (χ0) is 10.1. The Morgan fingerprint density at radius 2 is 2.29 bits per heavy atom. The molecule has 0 aromatic carbocycles. The van der Waals surface area contributed by atoms with Crippen molar-refractivity contribution in [1.82, 2.24) is 20.0 Å². The van der Waals surface area contributed by atoms with Gasteiger partial charge in [-0.15, -0.1) is 5.10 Å². The fraction of sp³-hybridized carbons (Fsp3) is 0.375. The van der Waals surface area contributed by atoms with Gasteiger partial charge < -0.3 is 4.42 Å². The van der Waals surface area contributed by atoms with Gasteiger partial charge >= 0.3 is 5.35 Å². The Bertz CT molecular complexity index is 448. The third kappa shape index (κ3) is 1.50. The number of halogens is 1. The first-order valence-electron chi connectivity index (χ1n) is 4.24. The molecule has 2 aromatic rings. The van der Waals surface area contributed by atoms with Crippen LogP contribution in [0.3, 0.4) is 0 Å². The van der Waals surface area contributed by atoms with Crippen molar-refractivity contribution in [2.24, 2.45) is 0 Å². The molecule has 0 atom stereocenters. The molecule has 5 nitrogen and oxygen atoms in total. The Morgan fingerprint density at radius 1 is 1.50 bits per heavy atom. The van der Waals surface area contributed by atoms with Crippen LogP contribution in [0.2, 0.25) is 5.35 Å². The Hall–Kier alpha value is -1.36. The third-order valence-corrected chi connectivity index (χ3v) is 1.97. The van der Waals surface area contributed by atoms with Crippen molar-refractivity contribution in [1.29, 1.82) is 0 Å². The summed E-state index contributed by atoms with van der Waals surface area (Å²) < 4.78 is 6.90. The van der Waals surface area contributed by atoms with Crippen LogP contribution in [0.15, 0.2) is 10.5 Å². The van der Waals surface area contributed by atoms with E-state index < -0.39 is 0 Å². The van der Waals surface area contributed by atoms with Gasteiger partial charge in [0, 0.05) is 6.54 Å². The van der Waals surface area contributed by atoms with Gasteiger partial charge in [-0.25, -0.2) is 0 Å². The number of hydrogen-bond donors (Lipinski definition) is 0. The van der Waals surface area contributed by atoms with Crippen LogP contribution in [-0.4, -0.2) is 20.0 Å². The number of nitrogens with zero attached hydrogens (tertiary/aromatic N) is 4. The fourth-order valence-corrected chi connectivity index (χ4v) is 1.38. The van der Waals surface area contributed by atoms with Crippen molar-refractivity contribution in [3.8, 4) is 11.6 Å². The third-order valence-electron chi connectivity index (χ3n) is 1.82. The van der Waals surface area contributed by atoms with Gasteiger partial charge in [0.25, 0.3) is 5.89 Å². The highest BCUT2D eigenvalue weighted by atomic mass is 35.5. The number of aromatic nitrogens is 4. The standard InChI is InChI=1S/C8H9ClN4O/c1-3-13-6(4-5(2)12-13)7-10-11-8(9)14-7/h4H,3H2,1-2H3. The Labute approximate surface area is 85.7 Å². The lowest BCUT2D eigenvalue weighted by Gasteiger charge is -1.97. The molecular weight excluding hydrogens is 204 g/mol. The van der Waals surface area contributed by atoms with E-state index in [4.69, 9.17) is 16.0 Å². The summed E-state index contributed by atoms with van der Waals surface area (Å²) in [6, 6.07) is 1.88. The molecule has 0 aliphatic rings. The highest BCUT2D eigenvalue weighted by Gasteiger charge is 2.12. The first kappa shape index (κ1) is 9.21. The van der Waals surface area contributed by atoms with Crippen molar-refractivity contribution >= 4 is 11.6 Å². The average molecular weight is 213 g/mol. The van der Waals surface area contributed by atoms with Crippen LogP contribution in [0.5, 0.6) is 0 Å². The maximum Gasteiger partial charge on any atom is 0.313 e. The van der Waals surface area contributed by atoms with Gasteiger partial charge in [-0.3, -0.25) is 4.68 Å². The van der Waals surface area contributed by atoms with Crippen molar-refractivity contribution in [3.63, 3.8) is 0 Å². The maximum atomic E-state index is 5.54. The minimum Gasteiger partial charge on any atom is -0.406 e. The van der Waals surface area contributed by atoms with Gasteiger partial charge in [0.2, 0.25) is 0 Å². The normalized spacial score (nSPS) is 10.8. The van der Waals surface area contributed by atoms with Crippen molar-refractivity contribution < 1.29 is 4.42 Å². The minimum absolute atomic E-state index is 0.0431. The van der Waals surface area contributed by atoms with Gasteiger partial charge in [-0.2, -0.15) is 5.10 Å². The average Bonchev–Trinajstić information content (AvgIpc) is 2.71. The maximum absolute atomic E-state index is 5.54. The molecule has 0 aliphatic carbocycles. The van der Waals surface area contributed by atoms with E-state index in [0.717, 1.165) is 17.9 Å². The molecule has 2 rings (SSSR count). The first-order chi connectivity index (χ1) is 6.70. The molecule has 74 valence electrons. The van der Waals surface area contributed by atoms with Crippen LogP contribution in [0, 0.1) is 6.92 Å². The van der Waals surface area contributed by atoms with Gasteiger partial charge in [0.05, 0.1) is 5.69 Å². The van der Waals surface area contributed by atoms with E-state index in [9.17, 15) is 0 Å². The Balaban J connectivity index is 2.49. The number of rotatable bonds is 2. The van der Waals surface area contributed by atoms with Crippen molar-refractivity contribution in [3.05, 3.63) is 17.1 Å². The van der Waals surface area contributed by atoms with Gasteiger partial charge in [-0.05, 0) is 31.5 Å². The van der Waals surface area contributed by atoms with Gasteiger partial charge in [0.15, 0.2) is 0 Å². The molecular formula is C8H9ClN4O. The van der Waals surface area contributed by atoms with Crippen molar-refractivity contribution in [2.45, 2.75) is 20.4 Å². The lowest BCUT2D eigenvalue weighted by atomic mass is 10.4. The molecule has 0 unspecified atom stereocenters. The molecule has 0 bridgehead atoms. The monoisotopic (exact) mass is 212 g/mol. The van der Waals surface area contributed by atoms with E-state index >= 15 is 0 Å². The molecule has 0 saturated heterocycles. The largest absolute Gasteiger partial charge is 0.406 e. The van der Waals surface area contributed by atoms with Crippen molar-refractivity contribution in [2.75, 3.05) is 0 Å². The molecule has 0 radical (unpaired) electrons. The summed E-state index contributed by atoms with van der Waals surface area (Å²) in [5, 5.41) is 11.7. The molecule has 0 fully saturated rings. The summed E-state index contributed by atoms with van der Waals surface area (Å²) in [5.41, 5.74) is 1.71. The smallest absolute Gasteiger partial charge is 0.313 e. The van der Waals surface area contributed by atoms with Crippen LogP contribution in [0.4, 0.5) is 0 Å². The fourth-order valence-electron chi connectivity index (χ4n) is 1.27. The van der Waals surface area contributed by atoms with E-state index in [1.807, 2.05) is 19.9 Å². The van der Waals surface area contributed by atoms with Gasteiger partial charge in [-0.1, -0.05) is 5.10 Å². The lowest BCUT2D eigenvalue weighted by Crippen LogP contribution is -1.99. The van der Waals surface area contributed by atoms with E-state index in [0.29, 0.717) is 5.89 Å². The summed E-state index contributed by atoms with van der Waals surface area (Å²) >= 11 is 5.54. The second-order valence-electron chi connectivity index (χ2n) is 2.85. The summed E-state index contributed by atoms with van der Waals surface area (Å²) in [5.74, 6) is 0.400. The highest BCUT2D eigenvalue weighted by Crippen LogP contribution is 2.20. The van der Waals surface area contributed by atoms with Crippen LogP contribution in [-0.2, 0) is 6.54 Å². The van der Waals surface area contributed by atoms with Crippen LogP contribution >= 0.6 is 11.6 Å². The quantitative estimate of drug-likeness (QED) is 0.763. The summed E-state index contributed by atoms with van der Waals surface area (Å²) in [7, 11) is 0. The molecule has 2 heterocycles. The zero-order valence-electron chi connectivity index (χ0n) is 7.86. The predicted molar refractivity (Wildman–Crippen MR) is 50.9 cm³/mol. The molecule has 0 spiro atoms. The molecule has 0 N–H and O–H groups in total. The summed E-state index contributed by atoms with van der Waals surface area (Å²) in [4.78, 5) is 0.